The van der Waals surface area contributed by atoms with Crippen molar-refractivity contribution in [2.24, 2.45) is 5.92 Å². The van der Waals surface area contributed by atoms with Crippen LogP contribution in [0.25, 0.3) is 0 Å². The van der Waals surface area contributed by atoms with Gasteiger partial charge in [-0.25, -0.2) is 0 Å². The molecule has 0 saturated carbocycles. The predicted octanol–water partition coefficient (Wildman–Crippen LogP) is 2.59. The average molecular weight is 507 g/mol. The molecule has 186 valence electrons. The van der Waals surface area contributed by atoms with Crippen LogP contribution in [0.15, 0.2) is 77.4 Å². The third kappa shape index (κ3) is 6.70. The number of likely N-dealkylation sites (tertiary alicyclic amines) is 1. The van der Waals surface area contributed by atoms with E-state index >= 15 is 0 Å². The van der Waals surface area contributed by atoms with Crippen LogP contribution in [-0.4, -0.2) is 40.9 Å². The molecule has 3 N–H and O–H groups in total. The van der Waals surface area contributed by atoms with Crippen molar-refractivity contribution >= 4 is 35.1 Å². The second kappa shape index (κ2) is 12.0. The van der Waals surface area contributed by atoms with Crippen LogP contribution >= 0.6 is 12.2 Å². The Labute approximate surface area is 213 Å². The molecular weight excluding hydrogens is 480 g/mol. The SMILES string of the molecule is O=C(NC(=S)NNC(=O)C1CC(=O)N(Cc2ccco2)C1)c1ccccc1OCCc1ccccc1. The molecule has 1 saturated heterocycles. The zero-order valence-electron chi connectivity index (χ0n) is 19.4. The van der Waals surface area contributed by atoms with Crippen LogP contribution in [0.2, 0.25) is 0 Å². The van der Waals surface area contributed by atoms with E-state index in [0.29, 0.717) is 36.6 Å². The lowest BCUT2D eigenvalue weighted by atomic mass is 10.1. The number of carbonyl (C=O) groups excluding carboxylic acids is 3. The van der Waals surface area contributed by atoms with Crippen LogP contribution in [0, 0.1) is 5.92 Å². The minimum Gasteiger partial charge on any atom is -0.492 e. The number of nitrogens with one attached hydrogen (secondary N) is 3. The summed E-state index contributed by atoms with van der Waals surface area (Å²) in [5, 5.41) is 2.46. The van der Waals surface area contributed by atoms with Gasteiger partial charge in [-0.2, -0.15) is 0 Å². The van der Waals surface area contributed by atoms with Gasteiger partial charge in [0.15, 0.2) is 5.11 Å². The van der Waals surface area contributed by atoms with Crippen LogP contribution in [0.5, 0.6) is 5.75 Å². The first-order valence-electron chi connectivity index (χ1n) is 11.5. The highest BCUT2D eigenvalue weighted by Crippen LogP contribution is 2.21. The summed E-state index contributed by atoms with van der Waals surface area (Å²) in [6.07, 6.45) is 2.32. The van der Waals surface area contributed by atoms with Gasteiger partial charge in [0.25, 0.3) is 5.91 Å². The molecule has 9 nitrogen and oxygen atoms in total. The average Bonchev–Trinajstić information content (AvgIpc) is 3.53. The molecule has 1 aliphatic heterocycles. The fraction of sp³-hybridized carbons (Fsp3) is 0.231. The molecule has 10 heteroatoms. The van der Waals surface area contributed by atoms with Crippen molar-refractivity contribution in [1.29, 1.82) is 0 Å². The molecule has 4 rings (SSSR count). The summed E-state index contributed by atoms with van der Waals surface area (Å²) < 4.78 is 11.1. The molecule has 3 aromatic rings. The molecule has 3 amide bonds. The van der Waals surface area contributed by atoms with E-state index in [9.17, 15) is 14.4 Å². The van der Waals surface area contributed by atoms with E-state index in [1.165, 1.54) is 6.26 Å². The van der Waals surface area contributed by atoms with E-state index < -0.39 is 17.7 Å². The summed E-state index contributed by atoms with van der Waals surface area (Å²) >= 11 is 5.15. The lowest BCUT2D eigenvalue weighted by Gasteiger charge is -2.16. The molecule has 1 fully saturated rings. The third-order valence-corrected chi connectivity index (χ3v) is 5.87. The Morgan fingerprint density at radius 2 is 1.81 bits per heavy atom. The fourth-order valence-electron chi connectivity index (χ4n) is 3.82. The summed E-state index contributed by atoms with van der Waals surface area (Å²) in [5.41, 5.74) is 6.45. The summed E-state index contributed by atoms with van der Waals surface area (Å²) in [6.45, 7) is 0.980. The van der Waals surface area contributed by atoms with Crippen molar-refractivity contribution in [3.63, 3.8) is 0 Å². The largest absolute Gasteiger partial charge is 0.492 e. The number of amides is 3. The minimum absolute atomic E-state index is 0.0794. The molecule has 1 atom stereocenters. The minimum atomic E-state index is -0.544. The van der Waals surface area contributed by atoms with E-state index in [4.69, 9.17) is 21.4 Å². The van der Waals surface area contributed by atoms with E-state index in [0.717, 1.165) is 5.56 Å². The Balaban J connectivity index is 1.23. The molecule has 2 aromatic carbocycles. The van der Waals surface area contributed by atoms with Gasteiger partial charge in [0.1, 0.15) is 11.5 Å². The maximum atomic E-state index is 12.8. The van der Waals surface area contributed by atoms with Crippen LogP contribution in [-0.2, 0) is 22.6 Å². The Hall–Kier alpha value is -4.18. The van der Waals surface area contributed by atoms with Gasteiger partial charge >= 0.3 is 0 Å². The maximum Gasteiger partial charge on any atom is 0.261 e. The quantitative estimate of drug-likeness (QED) is 0.318. The van der Waals surface area contributed by atoms with E-state index in [1.807, 2.05) is 30.3 Å². The topological polar surface area (TPSA) is 113 Å². The molecule has 0 aliphatic carbocycles. The highest BCUT2D eigenvalue weighted by Gasteiger charge is 2.34. The molecule has 1 unspecified atom stereocenters. The molecule has 0 bridgehead atoms. The highest BCUT2D eigenvalue weighted by atomic mass is 32.1. The Bertz CT molecular complexity index is 1220. The molecule has 2 heterocycles. The van der Waals surface area contributed by atoms with Crippen molar-refractivity contribution in [1.82, 2.24) is 21.1 Å². The van der Waals surface area contributed by atoms with Crippen molar-refractivity contribution in [3.05, 3.63) is 89.9 Å². The first kappa shape index (κ1) is 24.9. The summed E-state index contributed by atoms with van der Waals surface area (Å²) in [6, 6.07) is 20.3. The zero-order chi connectivity index (χ0) is 25.3. The third-order valence-electron chi connectivity index (χ3n) is 5.66. The number of hydrazine groups is 1. The maximum absolute atomic E-state index is 12.8. The molecule has 1 aromatic heterocycles. The van der Waals surface area contributed by atoms with Crippen molar-refractivity contribution in [2.45, 2.75) is 19.4 Å². The van der Waals surface area contributed by atoms with Gasteiger partial charge in [0, 0.05) is 19.4 Å². The Morgan fingerprint density at radius 1 is 1.03 bits per heavy atom. The number of hydrogen-bond acceptors (Lipinski definition) is 6. The molecule has 0 radical (unpaired) electrons. The number of benzene rings is 2. The number of rotatable bonds is 8. The van der Waals surface area contributed by atoms with Crippen LogP contribution in [0.4, 0.5) is 0 Å². The van der Waals surface area contributed by atoms with Gasteiger partial charge in [-0.1, -0.05) is 42.5 Å². The van der Waals surface area contributed by atoms with Gasteiger partial charge in [-0.05, 0) is 42.0 Å². The second-order valence-electron chi connectivity index (χ2n) is 8.23. The molecular formula is C26H26N4O5S. The number of para-hydroxylation sites is 1. The van der Waals surface area contributed by atoms with E-state index in [1.54, 1.807) is 41.3 Å². The summed E-state index contributed by atoms with van der Waals surface area (Å²) in [4.78, 5) is 39.1. The van der Waals surface area contributed by atoms with Crippen LogP contribution in [0.3, 0.4) is 0 Å². The van der Waals surface area contributed by atoms with Gasteiger partial charge in [0.2, 0.25) is 11.8 Å². The Kier molecular flexibility index (Phi) is 8.30. The predicted molar refractivity (Wildman–Crippen MR) is 136 cm³/mol. The lowest BCUT2D eigenvalue weighted by molar-refractivity contribution is -0.129. The van der Waals surface area contributed by atoms with Gasteiger partial charge < -0.3 is 14.1 Å². The zero-order valence-corrected chi connectivity index (χ0v) is 20.3. The number of furan rings is 1. The molecule has 36 heavy (non-hydrogen) atoms. The standard InChI is InChI=1S/C26H26N4O5S/c31-23-15-19(16-30(23)17-20-9-6-13-34-20)24(32)28-29-26(36)27-25(33)21-10-4-5-11-22(21)35-14-12-18-7-2-1-3-8-18/h1-11,13,19H,12,14-17H2,(H,28,32)(H2,27,29,33,36). The molecule has 1 aliphatic rings. The van der Waals surface area contributed by atoms with E-state index in [2.05, 4.69) is 16.2 Å². The molecule has 0 spiro atoms. The summed E-state index contributed by atoms with van der Waals surface area (Å²) in [7, 11) is 0. The van der Waals surface area contributed by atoms with Crippen molar-refractivity contribution in [3.8, 4) is 5.75 Å². The monoisotopic (exact) mass is 506 g/mol. The van der Waals surface area contributed by atoms with Crippen LogP contribution in [0.1, 0.15) is 28.1 Å². The number of hydrogen-bond donors (Lipinski definition) is 3. The lowest BCUT2D eigenvalue weighted by Crippen LogP contribution is -2.50. The normalized spacial score (nSPS) is 14.8. The van der Waals surface area contributed by atoms with Gasteiger partial charge in [-0.3, -0.25) is 30.6 Å². The first-order chi connectivity index (χ1) is 17.5. The number of nitrogens with zero attached hydrogens (tertiary/aromatic N) is 1. The first-order valence-corrected chi connectivity index (χ1v) is 11.9. The summed E-state index contributed by atoms with van der Waals surface area (Å²) in [5.74, 6) is -0.470. The second-order valence-corrected chi connectivity index (χ2v) is 8.64. The number of thiocarbonyl (C=S) groups is 1. The number of carbonyl (C=O) groups is 3. The fourth-order valence-corrected chi connectivity index (χ4v) is 3.96. The van der Waals surface area contributed by atoms with E-state index in [-0.39, 0.29) is 24.0 Å². The highest BCUT2D eigenvalue weighted by molar-refractivity contribution is 7.80. The number of ether oxygens (including phenoxy) is 1. The Morgan fingerprint density at radius 3 is 2.58 bits per heavy atom. The van der Waals surface area contributed by atoms with Gasteiger partial charge in [0.05, 0.1) is 30.9 Å². The van der Waals surface area contributed by atoms with Crippen LogP contribution < -0.4 is 20.9 Å². The van der Waals surface area contributed by atoms with Crippen molar-refractivity contribution in [2.75, 3.05) is 13.2 Å². The smallest absolute Gasteiger partial charge is 0.261 e. The van der Waals surface area contributed by atoms with Crippen molar-refractivity contribution < 1.29 is 23.5 Å². The van der Waals surface area contributed by atoms with Gasteiger partial charge in [-0.15, -0.1) is 0 Å².